The van der Waals surface area contributed by atoms with Crippen LogP contribution in [0.3, 0.4) is 0 Å². The van der Waals surface area contributed by atoms with Gasteiger partial charge in [-0.1, -0.05) is 30.4 Å². The van der Waals surface area contributed by atoms with Gasteiger partial charge in [-0.25, -0.2) is 0 Å². The first kappa shape index (κ1) is 25.3. The first-order chi connectivity index (χ1) is 20.9. The van der Waals surface area contributed by atoms with E-state index < -0.39 is 12.2 Å². The first-order valence-electron chi connectivity index (χ1n) is 15.9. The Morgan fingerprint density at radius 2 is 1.37 bits per heavy atom. The Labute approximate surface area is 251 Å². The van der Waals surface area contributed by atoms with E-state index in [9.17, 15) is 10.2 Å². The molecule has 8 heteroatoms. The average Bonchev–Trinajstić information content (AvgIpc) is 3.54. The predicted octanol–water partition coefficient (Wildman–Crippen LogP) is 3.10. The number of likely N-dealkylation sites (tertiary alicyclic amines) is 2. The van der Waals surface area contributed by atoms with Gasteiger partial charge in [-0.15, -0.1) is 0 Å². The molecular formula is C35H38N2O6. The third-order valence-electron chi connectivity index (χ3n) is 12.8. The number of piperidine rings is 2. The predicted molar refractivity (Wildman–Crippen MR) is 158 cm³/mol. The van der Waals surface area contributed by atoms with Crippen molar-refractivity contribution < 1.29 is 29.2 Å². The number of aliphatic hydroxyl groups excluding tert-OH is 2. The molecule has 0 amide bonds. The highest BCUT2D eigenvalue weighted by Gasteiger charge is 2.66. The lowest BCUT2D eigenvalue weighted by Crippen LogP contribution is -2.64. The third-order valence-corrected chi connectivity index (χ3v) is 12.8. The summed E-state index contributed by atoms with van der Waals surface area (Å²) in [7, 11) is 6.11. The van der Waals surface area contributed by atoms with Crippen LogP contribution < -0.4 is 18.9 Å². The Morgan fingerprint density at radius 3 is 2.02 bits per heavy atom. The lowest BCUT2D eigenvalue weighted by atomic mass is 9.53. The zero-order valence-electron chi connectivity index (χ0n) is 24.8. The van der Waals surface area contributed by atoms with Crippen LogP contribution in [0.5, 0.6) is 28.7 Å². The fourth-order valence-electron chi connectivity index (χ4n) is 10.9. The van der Waals surface area contributed by atoms with Crippen molar-refractivity contribution in [1.82, 2.24) is 9.80 Å². The number of benzene rings is 2. The largest absolute Gasteiger partial charge is 0.493 e. The number of likely N-dealkylation sites (N-methyl/N-ethyl adjacent to an activating group) is 2. The van der Waals surface area contributed by atoms with E-state index in [4.69, 9.17) is 18.9 Å². The Kier molecular flexibility index (Phi) is 4.80. The molecule has 0 aromatic heterocycles. The summed E-state index contributed by atoms with van der Waals surface area (Å²) in [6.07, 6.45) is 10.0. The van der Waals surface area contributed by atoms with Crippen LogP contribution in [-0.2, 0) is 23.7 Å². The van der Waals surface area contributed by atoms with Crippen LogP contribution in [-0.4, -0.2) is 90.8 Å². The van der Waals surface area contributed by atoms with E-state index in [2.05, 4.69) is 48.2 Å². The summed E-state index contributed by atoms with van der Waals surface area (Å²) < 4.78 is 26.3. The van der Waals surface area contributed by atoms with Gasteiger partial charge in [0.2, 0.25) is 0 Å². The SMILES string of the molecule is COc1cc(Oc2ccc3c4c2O[C@H]2[C@@H](O)C=C[C@H]5[C@@H](C3)N(C)CC[C@@]452)c2c3c1O[C@H]1[C@@H](O)C=C[C@H]4[C@@H](C2)N(C)CC[C@@]341. The van der Waals surface area contributed by atoms with Crippen molar-refractivity contribution in [2.75, 3.05) is 34.3 Å². The Hall–Kier alpha value is -3.04. The molecular weight excluding hydrogens is 544 g/mol. The van der Waals surface area contributed by atoms with Crippen molar-refractivity contribution in [1.29, 1.82) is 0 Å². The van der Waals surface area contributed by atoms with Crippen LogP contribution in [0, 0.1) is 11.8 Å². The normalized spacial score (nSPS) is 42.2. The molecule has 2 aromatic rings. The number of methoxy groups -OCH3 is 1. The van der Waals surface area contributed by atoms with Gasteiger partial charge in [0.05, 0.1) is 7.11 Å². The maximum absolute atomic E-state index is 11.2. The highest BCUT2D eigenvalue weighted by atomic mass is 16.5. The van der Waals surface area contributed by atoms with Gasteiger partial charge in [0.25, 0.3) is 0 Å². The quantitative estimate of drug-likeness (QED) is 0.535. The molecule has 2 aromatic carbocycles. The highest BCUT2D eigenvalue weighted by molar-refractivity contribution is 5.68. The van der Waals surface area contributed by atoms with Crippen molar-refractivity contribution in [2.45, 2.75) is 73.0 Å². The minimum absolute atomic E-state index is 0.241. The topological polar surface area (TPSA) is 83.9 Å². The molecule has 43 heavy (non-hydrogen) atoms. The van der Waals surface area contributed by atoms with E-state index >= 15 is 0 Å². The number of nitrogens with zero attached hydrogens (tertiary/aromatic N) is 2. The maximum atomic E-state index is 11.2. The molecule has 224 valence electrons. The van der Waals surface area contributed by atoms with Crippen LogP contribution in [0.1, 0.15) is 35.1 Å². The van der Waals surface area contributed by atoms with Crippen LogP contribution >= 0.6 is 0 Å². The Balaban J connectivity index is 1.15. The third kappa shape index (κ3) is 2.80. The molecule has 10 atom stereocenters. The summed E-state index contributed by atoms with van der Waals surface area (Å²) >= 11 is 0. The number of hydrogen-bond donors (Lipinski definition) is 2. The van der Waals surface area contributed by atoms with Crippen molar-refractivity contribution in [3.05, 3.63) is 64.8 Å². The average molecular weight is 583 g/mol. The van der Waals surface area contributed by atoms with Gasteiger partial charge in [-0.2, -0.15) is 0 Å². The Morgan fingerprint density at radius 1 is 0.767 bits per heavy atom. The summed E-state index contributed by atoms with van der Waals surface area (Å²) in [4.78, 5) is 4.94. The van der Waals surface area contributed by atoms with E-state index in [0.717, 1.165) is 67.1 Å². The molecule has 10 rings (SSSR count). The van der Waals surface area contributed by atoms with Crippen molar-refractivity contribution in [3.63, 3.8) is 0 Å². The molecule has 4 aliphatic carbocycles. The molecule has 8 aliphatic rings. The number of hydrogen-bond acceptors (Lipinski definition) is 8. The second-order valence-corrected chi connectivity index (χ2v) is 14.3. The van der Waals surface area contributed by atoms with Gasteiger partial charge in [0, 0.05) is 57.5 Å². The van der Waals surface area contributed by atoms with Gasteiger partial charge in [-0.3, -0.25) is 0 Å². The molecule has 2 spiro atoms. The van der Waals surface area contributed by atoms with Gasteiger partial charge in [-0.05, 0) is 64.5 Å². The minimum atomic E-state index is -0.670. The van der Waals surface area contributed by atoms with Crippen LogP contribution in [0.15, 0.2) is 42.5 Å². The maximum Gasteiger partial charge on any atom is 0.169 e. The summed E-state index contributed by atoms with van der Waals surface area (Å²) in [5.41, 5.74) is 4.30. The number of ether oxygens (including phenoxy) is 4. The molecule has 0 saturated carbocycles. The highest BCUT2D eigenvalue weighted by Crippen LogP contribution is 2.66. The summed E-state index contributed by atoms with van der Waals surface area (Å²) in [5.74, 6) is 4.21. The summed E-state index contributed by atoms with van der Waals surface area (Å²) in [5, 5.41) is 22.4. The summed E-state index contributed by atoms with van der Waals surface area (Å²) in [6.45, 7) is 1.94. The van der Waals surface area contributed by atoms with Gasteiger partial charge in [0.15, 0.2) is 23.0 Å². The number of rotatable bonds is 3. The first-order valence-corrected chi connectivity index (χ1v) is 15.9. The standard InChI is InChI=1S/C35H38N2O6/c1-36-12-10-34-19-5-7-23(38)32(34)42-30-25(9-4-17(28(30)34)14-21(19)36)41-26-16-27(40-3)31-29-18(26)15-22-20-6-8-24(39)33(43-31)35(20,29)11-13-37(22)2/h4-9,16,19-24,32-33,38-39H,10-15H2,1-3H3/t19-,20-,21+,22+,23-,24-,32-,33-,34-,35-/m0/s1. The van der Waals surface area contributed by atoms with E-state index in [1.165, 1.54) is 11.1 Å². The fourth-order valence-corrected chi connectivity index (χ4v) is 10.9. The molecule has 4 heterocycles. The molecule has 2 saturated heterocycles. The molecule has 0 radical (unpaired) electrons. The molecule has 0 unspecified atom stereocenters. The molecule has 4 aliphatic heterocycles. The lowest BCUT2D eigenvalue weighted by molar-refractivity contribution is -0.0457. The summed E-state index contributed by atoms with van der Waals surface area (Å²) in [6, 6.07) is 6.94. The van der Waals surface area contributed by atoms with Gasteiger partial charge >= 0.3 is 0 Å². The molecule has 2 N–H and O–H groups in total. The zero-order chi connectivity index (χ0) is 29.0. The second kappa shape index (κ2) is 8.16. The van der Waals surface area contributed by atoms with Crippen LogP contribution in [0.4, 0.5) is 0 Å². The van der Waals surface area contributed by atoms with E-state index in [0.29, 0.717) is 23.5 Å². The number of aliphatic hydroxyl groups is 2. The minimum Gasteiger partial charge on any atom is -0.493 e. The molecule has 2 fully saturated rings. The molecule has 8 nitrogen and oxygen atoms in total. The van der Waals surface area contributed by atoms with Crippen molar-refractivity contribution >= 4 is 0 Å². The smallest absolute Gasteiger partial charge is 0.169 e. The van der Waals surface area contributed by atoms with Crippen molar-refractivity contribution in [2.24, 2.45) is 11.8 Å². The fraction of sp³-hybridized carbons (Fsp3) is 0.543. The monoisotopic (exact) mass is 582 g/mol. The van der Waals surface area contributed by atoms with Crippen molar-refractivity contribution in [3.8, 4) is 28.7 Å². The van der Waals surface area contributed by atoms with E-state index in [1.54, 1.807) is 7.11 Å². The lowest BCUT2D eigenvalue weighted by Gasteiger charge is -2.56. The second-order valence-electron chi connectivity index (χ2n) is 14.3. The van der Waals surface area contributed by atoms with E-state index in [-0.39, 0.29) is 35.0 Å². The van der Waals surface area contributed by atoms with Crippen LogP contribution in [0.2, 0.25) is 0 Å². The Bertz CT molecular complexity index is 1650. The molecule has 4 bridgehead atoms. The van der Waals surface area contributed by atoms with Gasteiger partial charge in [0.1, 0.15) is 30.2 Å². The van der Waals surface area contributed by atoms with E-state index in [1.807, 2.05) is 18.2 Å². The van der Waals surface area contributed by atoms with Gasteiger partial charge < -0.3 is 39.0 Å². The zero-order valence-corrected chi connectivity index (χ0v) is 24.8. The van der Waals surface area contributed by atoms with Crippen LogP contribution in [0.25, 0.3) is 0 Å².